The van der Waals surface area contributed by atoms with Crippen LogP contribution >= 0.6 is 0 Å². The molecule has 0 aromatic heterocycles. The standard InChI is InChI=1S/C16H23NO2S/c1-12(17-16-8-9-20(18,19)11-16)14-7-6-13-4-2-3-5-15(13)10-14/h6-7,10,12,16-17H,2-5,8-9,11H2,1H3. The van der Waals surface area contributed by atoms with Crippen molar-refractivity contribution < 1.29 is 8.42 Å². The molecule has 3 rings (SSSR count). The van der Waals surface area contributed by atoms with E-state index in [-0.39, 0.29) is 12.1 Å². The van der Waals surface area contributed by atoms with Gasteiger partial charge in [-0.3, -0.25) is 0 Å². The Morgan fingerprint density at radius 1 is 1.20 bits per heavy atom. The maximum absolute atomic E-state index is 11.5. The van der Waals surface area contributed by atoms with E-state index < -0.39 is 9.84 Å². The molecule has 1 aliphatic carbocycles. The van der Waals surface area contributed by atoms with Crippen LogP contribution in [0.25, 0.3) is 0 Å². The Kier molecular flexibility index (Phi) is 3.87. The maximum atomic E-state index is 11.5. The number of nitrogens with one attached hydrogen (secondary N) is 1. The van der Waals surface area contributed by atoms with Crippen LogP contribution in [0.3, 0.4) is 0 Å². The van der Waals surface area contributed by atoms with Gasteiger partial charge in [0.05, 0.1) is 11.5 Å². The molecule has 0 bridgehead atoms. The van der Waals surface area contributed by atoms with Crippen LogP contribution in [-0.2, 0) is 22.7 Å². The number of aryl methyl sites for hydroxylation is 2. The van der Waals surface area contributed by atoms with Crippen molar-refractivity contribution in [2.75, 3.05) is 11.5 Å². The normalized spacial score (nSPS) is 26.1. The summed E-state index contributed by atoms with van der Waals surface area (Å²) in [4.78, 5) is 0. The molecule has 0 spiro atoms. The highest BCUT2D eigenvalue weighted by Gasteiger charge is 2.28. The second kappa shape index (κ2) is 5.49. The number of sulfone groups is 1. The summed E-state index contributed by atoms with van der Waals surface area (Å²) in [7, 11) is -2.80. The molecule has 0 amide bonds. The largest absolute Gasteiger partial charge is 0.306 e. The summed E-state index contributed by atoms with van der Waals surface area (Å²) in [5.74, 6) is 0.629. The van der Waals surface area contributed by atoms with Gasteiger partial charge in [0.25, 0.3) is 0 Å². The van der Waals surface area contributed by atoms with Crippen LogP contribution in [-0.4, -0.2) is 26.0 Å². The molecule has 0 saturated carbocycles. The Hall–Kier alpha value is -0.870. The van der Waals surface area contributed by atoms with Crippen LogP contribution in [0.4, 0.5) is 0 Å². The van der Waals surface area contributed by atoms with Gasteiger partial charge in [-0.15, -0.1) is 0 Å². The summed E-state index contributed by atoms with van der Waals surface area (Å²) in [5, 5.41) is 3.48. The molecule has 2 aliphatic rings. The van der Waals surface area contributed by atoms with Gasteiger partial charge in [0.2, 0.25) is 0 Å². The van der Waals surface area contributed by atoms with E-state index in [0.29, 0.717) is 11.5 Å². The Bertz CT molecular complexity index is 594. The molecule has 1 aromatic rings. The Morgan fingerprint density at radius 3 is 2.65 bits per heavy atom. The second-order valence-corrected chi connectivity index (χ2v) is 8.45. The molecule has 1 fully saturated rings. The van der Waals surface area contributed by atoms with Gasteiger partial charge in [0.1, 0.15) is 0 Å². The molecule has 1 N–H and O–H groups in total. The highest BCUT2D eigenvalue weighted by molar-refractivity contribution is 7.91. The van der Waals surface area contributed by atoms with Crippen LogP contribution in [0.2, 0.25) is 0 Å². The predicted molar refractivity (Wildman–Crippen MR) is 81.7 cm³/mol. The van der Waals surface area contributed by atoms with Crippen LogP contribution in [0.1, 0.15) is 48.9 Å². The third kappa shape index (κ3) is 3.07. The molecule has 4 heteroatoms. The lowest BCUT2D eigenvalue weighted by atomic mass is 9.89. The fourth-order valence-corrected chi connectivity index (χ4v) is 5.09. The molecule has 1 saturated heterocycles. The summed E-state index contributed by atoms with van der Waals surface area (Å²) >= 11 is 0. The minimum Gasteiger partial charge on any atom is -0.306 e. The smallest absolute Gasteiger partial charge is 0.151 e. The van der Waals surface area contributed by atoms with Crippen molar-refractivity contribution in [1.82, 2.24) is 5.32 Å². The topological polar surface area (TPSA) is 46.2 Å². The van der Waals surface area contributed by atoms with E-state index in [9.17, 15) is 8.42 Å². The first-order valence-electron chi connectivity index (χ1n) is 7.62. The molecule has 20 heavy (non-hydrogen) atoms. The average Bonchev–Trinajstić information content (AvgIpc) is 2.77. The third-order valence-electron chi connectivity index (χ3n) is 4.59. The molecule has 1 aliphatic heterocycles. The SMILES string of the molecule is CC(NC1CCS(=O)(=O)C1)c1ccc2c(c1)CCCC2. The van der Waals surface area contributed by atoms with Crippen molar-refractivity contribution in [3.05, 3.63) is 34.9 Å². The minimum absolute atomic E-state index is 0.117. The highest BCUT2D eigenvalue weighted by atomic mass is 32.2. The lowest BCUT2D eigenvalue weighted by Gasteiger charge is -2.22. The van der Waals surface area contributed by atoms with Gasteiger partial charge in [-0.25, -0.2) is 8.42 Å². The van der Waals surface area contributed by atoms with E-state index in [4.69, 9.17) is 0 Å². The Labute approximate surface area is 121 Å². The van der Waals surface area contributed by atoms with Crippen molar-refractivity contribution in [2.24, 2.45) is 0 Å². The number of hydrogen-bond acceptors (Lipinski definition) is 3. The minimum atomic E-state index is -2.80. The van der Waals surface area contributed by atoms with Gasteiger partial charge >= 0.3 is 0 Å². The van der Waals surface area contributed by atoms with E-state index in [1.54, 1.807) is 0 Å². The van der Waals surface area contributed by atoms with Crippen molar-refractivity contribution in [3.63, 3.8) is 0 Å². The Balaban J connectivity index is 1.69. The van der Waals surface area contributed by atoms with Crippen LogP contribution < -0.4 is 5.32 Å². The van der Waals surface area contributed by atoms with Crippen LogP contribution in [0.15, 0.2) is 18.2 Å². The number of rotatable bonds is 3. The molecule has 110 valence electrons. The monoisotopic (exact) mass is 293 g/mol. The summed E-state index contributed by atoms with van der Waals surface area (Å²) < 4.78 is 23.0. The maximum Gasteiger partial charge on any atom is 0.151 e. The zero-order valence-electron chi connectivity index (χ0n) is 12.1. The number of fused-ring (bicyclic) bond motifs is 1. The lowest BCUT2D eigenvalue weighted by molar-refractivity contribution is 0.484. The van der Waals surface area contributed by atoms with Gasteiger partial charge in [-0.2, -0.15) is 0 Å². The van der Waals surface area contributed by atoms with E-state index in [0.717, 1.165) is 6.42 Å². The fraction of sp³-hybridized carbons (Fsp3) is 0.625. The lowest BCUT2D eigenvalue weighted by Crippen LogP contribution is -2.32. The van der Waals surface area contributed by atoms with E-state index >= 15 is 0 Å². The van der Waals surface area contributed by atoms with Gasteiger partial charge in [0, 0.05) is 12.1 Å². The molecule has 0 radical (unpaired) electrons. The van der Waals surface area contributed by atoms with Crippen LogP contribution in [0.5, 0.6) is 0 Å². The predicted octanol–water partition coefficient (Wildman–Crippen LogP) is 2.40. The van der Waals surface area contributed by atoms with Crippen molar-refractivity contribution in [1.29, 1.82) is 0 Å². The second-order valence-electron chi connectivity index (χ2n) is 6.22. The third-order valence-corrected chi connectivity index (χ3v) is 6.36. The summed E-state index contributed by atoms with van der Waals surface area (Å²) in [6.45, 7) is 2.13. The summed E-state index contributed by atoms with van der Waals surface area (Å²) in [5.41, 5.74) is 4.27. The molecule has 2 atom stereocenters. The average molecular weight is 293 g/mol. The van der Waals surface area contributed by atoms with Gasteiger partial charge in [-0.05, 0) is 55.7 Å². The summed E-state index contributed by atoms with van der Waals surface area (Å²) in [6, 6.07) is 7.11. The first-order chi connectivity index (χ1) is 9.53. The zero-order valence-corrected chi connectivity index (χ0v) is 12.9. The van der Waals surface area contributed by atoms with Crippen molar-refractivity contribution in [3.8, 4) is 0 Å². The molecule has 1 aromatic carbocycles. The Morgan fingerprint density at radius 2 is 1.95 bits per heavy atom. The molecular weight excluding hydrogens is 270 g/mol. The molecule has 2 unspecified atom stereocenters. The fourth-order valence-electron chi connectivity index (χ4n) is 3.40. The van der Waals surface area contributed by atoms with Gasteiger partial charge < -0.3 is 5.32 Å². The van der Waals surface area contributed by atoms with E-state index in [1.807, 2.05) is 0 Å². The van der Waals surface area contributed by atoms with E-state index in [1.165, 1.54) is 42.4 Å². The van der Waals surface area contributed by atoms with Gasteiger partial charge in [-0.1, -0.05) is 18.2 Å². The highest BCUT2D eigenvalue weighted by Crippen LogP contribution is 2.25. The zero-order chi connectivity index (χ0) is 14.2. The van der Waals surface area contributed by atoms with Crippen molar-refractivity contribution in [2.45, 2.75) is 51.1 Å². The van der Waals surface area contributed by atoms with E-state index in [2.05, 4.69) is 30.4 Å². The first-order valence-corrected chi connectivity index (χ1v) is 9.44. The first kappa shape index (κ1) is 14.1. The number of hydrogen-bond donors (Lipinski definition) is 1. The van der Waals surface area contributed by atoms with Crippen molar-refractivity contribution >= 4 is 9.84 Å². The number of benzene rings is 1. The van der Waals surface area contributed by atoms with Gasteiger partial charge in [0.15, 0.2) is 9.84 Å². The summed E-state index contributed by atoms with van der Waals surface area (Å²) in [6.07, 6.45) is 5.74. The molecule has 1 heterocycles. The molecule has 3 nitrogen and oxygen atoms in total. The molecular formula is C16H23NO2S. The van der Waals surface area contributed by atoms with Crippen LogP contribution in [0, 0.1) is 0 Å². The quantitative estimate of drug-likeness (QED) is 0.931.